The average molecular weight is 424 g/mol. The number of amides is 1. The molecular weight excluding hydrogens is 406 g/mol. The Morgan fingerprint density at radius 1 is 1.21 bits per heavy atom. The van der Waals surface area contributed by atoms with Gasteiger partial charge in [-0.3, -0.25) is 10.1 Å². The number of nitrogens with one attached hydrogen (secondary N) is 2. The first-order valence-corrected chi connectivity index (χ1v) is 10.1. The molecule has 29 heavy (non-hydrogen) atoms. The van der Waals surface area contributed by atoms with Crippen molar-refractivity contribution < 1.29 is 14.3 Å². The molecule has 0 saturated carbocycles. The van der Waals surface area contributed by atoms with Crippen LogP contribution in [0.4, 0.5) is 5.69 Å². The lowest BCUT2D eigenvalue weighted by atomic mass is 10.1. The van der Waals surface area contributed by atoms with Crippen LogP contribution < -0.4 is 10.6 Å². The second kappa shape index (κ2) is 7.65. The van der Waals surface area contributed by atoms with Gasteiger partial charge in [0.05, 0.1) is 10.4 Å². The average Bonchev–Trinajstić information content (AvgIpc) is 3.31. The maximum atomic E-state index is 12.1. The Balaban J connectivity index is 1.53. The number of aryl methyl sites for hydroxylation is 2. The molecule has 0 atom stereocenters. The van der Waals surface area contributed by atoms with Crippen molar-refractivity contribution in [1.29, 1.82) is 0 Å². The van der Waals surface area contributed by atoms with E-state index in [9.17, 15) is 9.90 Å². The number of oxazole rings is 1. The quantitative estimate of drug-likeness (QED) is 0.402. The molecular formula is C21H17N3O3S2. The van der Waals surface area contributed by atoms with E-state index in [1.807, 2.05) is 31.4 Å². The van der Waals surface area contributed by atoms with Crippen LogP contribution >= 0.6 is 23.6 Å². The number of carbonyl (C=O) groups excluding carboxylic acids is 1. The zero-order valence-electron chi connectivity index (χ0n) is 15.6. The number of benzene rings is 2. The van der Waals surface area contributed by atoms with E-state index in [-0.39, 0.29) is 16.8 Å². The Morgan fingerprint density at radius 2 is 2.03 bits per heavy atom. The highest BCUT2D eigenvalue weighted by molar-refractivity contribution is 7.80. The van der Waals surface area contributed by atoms with Gasteiger partial charge in [-0.1, -0.05) is 12.1 Å². The largest absolute Gasteiger partial charge is 0.507 e. The molecule has 0 spiro atoms. The monoisotopic (exact) mass is 423 g/mol. The van der Waals surface area contributed by atoms with Gasteiger partial charge in [-0.05, 0) is 66.8 Å². The van der Waals surface area contributed by atoms with Gasteiger partial charge in [0.25, 0.3) is 5.91 Å². The minimum absolute atomic E-state index is 0.0108. The number of thiocarbonyl (C=S) groups is 1. The van der Waals surface area contributed by atoms with Crippen molar-refractivity contribution in [3.05, 3.63) is 63.8 Å². The van der Waals surface area contributed by atoms with Gasteiger partial charge in [-0.25, -0.2) is 4.98 Å². The smallest absolute Gasteiger partial charge is 0.267 e. The minimum Gasteiger partial charge on any atom is -0.507 e. The van der Waals surface area contributed by atoms with Crippen LogP contribution in [0.15, 0.2) is 52.3 Å². The molecule has 0 fully saturated rings. The molecule has 8 heteroatoms. The highest BCUT2D eigenvalue weighted by atomic mass is 32.1. The molecule has 146 valence electrons. The summed E-state index contributed by atoms with van der Waals surface area (Å²) in [5, 5.41) is 17.9. The summed E-state index contributed by atoms with van der Waals surface area (Å²) < 4.78 is 5.86. The van der Waals surface area contributed by atoms with E-state index in [1.165, 1.54) is 17.4 Å². The molecule has 2 aromatic heterocycles. The fraction of sp³-hybridized carbons (Fsp3) is 0.0952. The molecule has 4 rings (SSSR count). The summed E-state index contributed by atoms with van der Waals surface area (Å²) in [7, 11) is 0. The van der Waals surface area contributed by atoms with Crippen molar-refractivity contribution in [3.63, 3.8) is 0 Å². The van der Waals surface area contributed by atoms with Crippen molar-refractivity contribution in [1.82, 2.24) is 10.3 Å². The maximum absolute atomic E-state index is 12.1. The van der Waals surface area contributed by atoms with E-state index in [0.717, 1.165) is 16.6 Å². The summed E-state index contributed by atoms with van der Waals surface area (Å²) >= 11 is 6.50. The Hall–Kier alpha value is -3.23. The molecule has 4 aromatic rings. The van der Waals surface area contributed by atoms with Crippen LogP contribution in [0.3, 0.4) is 0 Å². The number of phenols is 1. The zero-order chi connectivity index (χ0) is 20.5. The van der Waals surface area contributed by atoms with Gasteiger partial charge in [0.2, 0.25) is 5.89 Å². The lowest BCUT2D eigenvalue weighted by Gasteiger charge is -2.10. The molecule has 0 saturated heterocycles. The lowest BCUT2D eigenvalue weighted by Crippen LogP contribution is -2.33. The highest BCUT2D eigenvalue weighted by Crippen LogP contribution is 2.34. The van der Waals surface area contributed by atoms with E-state index in [2.05, 4.69) is 15.6 Å². The SMILES string of the molecule is Cc1cc(C)c2oc(-c3ccc(NC(=S)NC(=O)c4cccs4)cc3O)nc2c1. The van der Waals surface area contributed by atoms with Gasteiger partial charge in [0.1, 0.15) is 11.3 Å². The molecule has 0 aliphatic carbocycles. The third-order valence-corrected chi connectivity index (χ3v) is 5.35. The molecule has 0 aliphatic rings. The van der Waals surface area contributed by atoms with Crippen molar-refractivity contribution in [2.45, 2.75) is 13.8 Å². The van der Waals surface area contributed by atoms with Crippen LogP contribution in [-0.4, -0.2) is 21.1 Å². The third kappa shape index (κ3) is 3.98. The van der Waals surface area contributed by atoms with Crippen molar-refractivity contribution in [2.75, 3.05) is 5.32 Å². The van der Waals surface area contributed by atoms with E-state index in [4.69, 9.17) is 16.6 Å². The number of rotatable bonds is 3. The number of anilines is 1. The molecule has 1 amide bonds. The highest BCUT2D eigenvalue weighted by Gasteiger charge is 2.15. The van der Waals surface area contributed by atoms with Crippen LogP contribution in [0.25, 0.3) is 22.6 Å². The van der Waals surface area contributed by atoms with Gasteiger partial charge in [-0.15, -0.1) is 11.3 Å². The van der Waals surface area contributed by atoms with Crippen molar-refractivity contribution in [3.8, 4) is 17.2 Å². The molecule has 2 heterocycles. The molecule has 6 nitrogen and oxygen atoms in total. The number of hydrogen-bond donors (Lipinski definition) is 3. The number of phenolic OH excluding ortho intramolecular Hbond substituents is 1. The first-order chi connectivity index (χ1) is 13.9. The number of nitrogens with zero attached hydrogens (tertiary/aromatic N) is 1. The van der Waals surface area contributed by atoms with E-state index in [1.54, 1.807) is 24.3 Å². The van der Waals surface area contributed by atoms with Crippen LogP contribution in [0.1, 0.15) is 20.8 Å². The van der Waals surface area contributed by atoms with Crippen LogP contribution in [-0.2, 0) is 0 Å². The number of aromatic nitrogens is 1. The van der Waals surface area contributed by atoms with Gasteiger partial charge in [-0.2, -0.15) is 0 Å². The van der Waals surface area contributed by atoms with Gasteiger partial charge >= 0.3 is 0 Å². The Kier molecular flexibility index (Phi) is 5.04. The van der Waals surface area contributed by atoms with Crippen LogP contribution in [0.5, 0.6) is 5.75 Å². The van der Waals surface area contributed by atoms with Crippen molar-refractivity contribution in [2.24, 2.45) is 0 Å². The summed E-state index contributed by atoms with van der Waals surface area (Å²) in [5.74, 6) is 0.0464. The van der Waals surface area contributed by atoms with Crippen LogP contribution in [0.2, 0.25) is 0 Å². The Bertz CT molecular complexity index is 1230. The first kappa shape index (κ1) is 19.1. The Morgan fingerprint density at radius 3 is 2.76 bits per heavy atom. The predicted molar refractivity (Wildman–Crippen MR) is 119 cm³/mol. The predicted octanol–water partition coefficient (Wildman–Crippen LogP) is 5.01. The maximum Gasteiger partial charge on any atom is 0.267 e. The second-order valence-corrected chi connectivity index (χ2v) is 7.92. The first-order valence-electron chi connectivity index (χ1n) is 8.78. The van der Waals surface area contributed by atoms with Gasteiger partial charge in [0, 0.05) is 11.8 Å². The molecule has 0 radical (unpaired) electrons. The molecule has 0 bridgehead atoms. The van der Waals surface area contributed by atoms with Gasteiger partial charge in [0.15, 0.2) is 10.7 Å². The van der Waals surface area contributed by atoms with E-state index in [0.29, 0.717) is 27.6 Å². The summed E-state index contributed by atoms with van der Waals surface area (Å²) in [4.78, 5) is 17.1. The number of fused-ring (bicyclic) bond motifs is 1. The van der Waals surface area contributed by atoms with E-state index >= 15 is 0 Å². The molecule has 0 aliphatic heterocycles. The molecule has 2 aromatic carbocycles. The van der Waals surface area contributed by atoms with Gasteiger partial charge < -0.3 is 14.8 Å². The lowest BCUT2D eigenvalue weighted by molar-refractivity contribution is 0.0981. The standard InChI is InChI=1S/C21H17N3O3S2/c1-11-8-12(2)18-15(9-11)23-20(27-18)14-6-5-13(10-16(14)25)22-21(28)24-19(26)17-4-3-7-29-17/h3-10,25H,1-2H3,(H2,22,24,26,28). The summed E-state index contributed by atoms with van der Waals surface area (Å²) in [6.45, 7) is 3.96. The fourth-order valence-corrected chi connectivity index (χ4v) is 3.85. The second-order valence-electron chi connectivity index (χ2n) is 6.57. The topological polar surface area (TPSA) is 87.4 Å². The summed E-state index contributed by atoms with van der Waals surface area (Å²) in [6, 6.07) is 12.4. The zero-order valence-corrected chi connectivity index (χ0v) is 17.3. The number of aromatic hydroxyl groups is 1. The number of hydrogen-bond acceptors (Lipinski definition) is 6. The third-order valence-electron chi connectivity index (χ3n) is 4.28. The molecule has 3 N–H and O–H groups in total. The van der Waals surface area contributed by atoms with Crippen LogP contribution in [0, 0.1) is 13.8 Å². The summed E-state index contributed by atoms with van der Waals surface area (Å²) in [5.41, 5.74) is 4.53. The van der Waals surface area contributed by atoms with Crippen molar-refractivity contribution >= 4 is 51.4 Å². The normalized spacial score (nSPS) is 10.8. The Labute approximate surface area is 176 Å². The molecule has 0 unspecified atom stereocenters. The number of carbonyl (C=O) groups is 1. The fourth-order valence-electron chi connectivity index (χ4n) is 3.02. The minimum atomic E-state index is -0.282. The number of thiophene rings is 1. The van der Waals surface area contributed by atoms with E-state index < -0.39 is 0 Å². The summed E-state index contributed by atoms with van der Waals surface area (Å²) in [6.07, 6.45) is 0.